The van der Waals surface area contributed by atoms with E-state index in [9.17, 15) is 0 Å². The Morgan fingerprint density at radius 1 is 0.923 bits per heavy atom. The third-order valence-corrected chi connectivity index (χ3v) is 4.22. The Bertz CT molecular complexity index is 1000. The number of hydrogen-bond donors (Lipinski definition) is 1. The Balaban J connectivity index is 1.74. The lowest BCUT2D eigenvalue weighted by molar-refractivity contribution is 0.518. The normalized spacial score (nSPS) is 10.7. The van der Waals surface area contributed by atoms with E-state index in [-0.39, 0.29) is 0 Å². The SMILES string of the molecule is Brc1cncc(-c2cc(NCc3ccco3)nc(-c3ccccc3)n2)c1. The smallest absolute Gasteiger partial charge is 0.162 e. The van der Waals surface area contributed by atoms with E-state index < -0.39 is 0 Å². The van der Waals surface area contributed by atoms with Crippen LogP contribution in [-0.2, 0) is 6.54 Å². The van der Waals surface area contributed by atoms with E-state index >= 15 is 0 Å². The molecular weight excluding hydrogens is 392 g/mol. The fourth-order valence-corrected chi connectivity index (χ4v) is 2.91. The van der Waals surface area contributed by atoms with E-state index in [1.54, 1.807) is 18.7 Å². The average Bonchev–Trinajstić information content (AvgIpc) is 3.20. The number of rotatable bonds is 5. The highest BCUT2D eigenvalue weighted by atomic mass is 79.9. The van der Waals surface area contributed by atoms with Crippen molar-refractivity contribution in [1.29, 1.82) is 0 Å². The maximum atomic E-state index is 5.38. The van der Waals surface area contributed by atoms with Gasteiger partial charge in [-0.15, -0.1) is 0 Å². The summed E-state index contributed by atoms with van der Waals surface area (Å²) in [5.74, 6) is 2.23. The molecule has 0 fully saturated rings. The number of aromatic nitrogens is 3. The molecule has 0 amide bonds. The predicted molar refractivity (Wildman–Crippen MR) is 104 cm³/mol. The molecule has 26 heavy (non-hydrogen) atoms. The molecular formula is C20H15BrN4O. The van der Waals surface area contributed by atoms with Gasteiger partial charge in [-0.05, 0) is 34.1 Å². The first-order chi connectivity index (χ1) is 12.8. The van der Waals surface area contributed by atoms with Crippen LogP contribution in [0.1, 0.15) is 5.76 Å². The summed E-state index contributed by atoms with van der Waals surface area (Å²) >= 11 is 3.46. The molecule has 0 atom stereocenters. The van der Waals surface area contributed by atoms with E-state index in [1.807, 2.05) is 54.6 Å². The summed E-state index contributed by atoms with van der Waals surface area (Å²) in [4.78, 5) is 13.6. The van der Waals surface area contributed by atoms with Crippen LogP contribution in [0.3, 0.4) is 0 Å². The van der Waals surface area contributed by atoms with Crippen molar-refractivity contribution in [3.63, 3.8) is 0 Å². The van der Waals surface area contributed by atoms with Crippen molar-refractivity contribution in [3.8, 4) is 22.6 Å². The van der Waals surface area contributed by atoms with Crippen molar-refractivity contribution in [1.82, 2.24) is 15.0 Å². The maximum Gasteiger partial charge on any atom is 0.162 e. The zero-order valence-corrected chi connectivity index (χ0v) is 15.3. The highest BCUT2D eigenvalue weighted by molar-refractivity contribution is 9.10. The van der Waals surface area contributed by atoms with Gasteiger partial charge in [-0.2, -0.15) is 0 Å². The predicted octanol–water partition coefficient (Wildman–Crippen LogP) is 5.17. The van der Waals surface area contributed by atoms with E-state index in [1.165, 1.54) is 0 Å². The number of pyridine rings is 1. The van der Waals surface area contributed by atoms with Gasteiger partial charge >= 0.3 is 0 Å². The fourth-order valence-electron chi connectivity index (χ4n) is 2.54. The first-order valence-electron chi connectivity index (χ1n) is 8.09. The van der Waals surface area contributed by atoms with Crippen LogP contribution >= 0.6 is 15.9 Å². The second-order valence-corrected chi connectivity index (χ2v) is 6.57. The lowest BCUT2D eigenvalue weighted by Gasteiger charge is -2.10. The first kappa shape index (κ1) is 16.5. The molecule has 1 aromatic carbocycles. The van der Waals surface area contributed by atoms with Crippen molar-refractivity contribution in [2.45, 2.75) is 6.54 Å². The van der Waals surface area contributed by atoms with Gasteiger partial charge in [-0.1, -0.05) is 30.3 Å². The highest BCUT2D eigenvalue weighted by Crippen LogP contribution is 2.25. The molecule has 4 aromatic rings. The van der Waals surface area contributed by atoms with Crippen LogP contribution < -0.4 is 5.32 Å². The number of anilines is 1. The Kier molecular flexibility index (Phi) is 4.75. The number of halogens is 1. The molecule has 6 heteroatoms. The van der Waals surface area contributed by atoms with Crippen LogP contribution in [0.2, 0.25) is 0 Å². The Morgan fingerprint density at radius 3 is 2.58 bits per heavy atom. The van der Waals surface area contributed by atoms with Gasteiger partial charge in [0, 0.05) is 34.1 Å². The molecule has 0 saturated carbocycles. The number of nitrogens with one attached hydrogen (secondary N) is 1. The van der Waals surface area contributed by atoms with E-state index in [0.29, 0.717) is 12.4 Å². The van der Waals surface area contributed by atoms with E-state index in [2.05, 4.69) is 31.2 Å². The molecule has 0 aliphatic rings. The van der Waals surface area contributed by atoms with Crippen LogP contribution in [0, 0.1) is 0 Å². The van der Waals surface area contributed by atoms with Gasteiger partial charge < -0.3 is 9.73 Å². The Hall–Kier alpha value is -2.99. The number of benzene rings is 1. The standard InChI is InChI=1S/C20H15BrN4O/c21-16-9-15(11-22-12-16)18-10-19(23-13-17-7-4-8-26-17)25-20(24-18)14-5-2-1-3-6-14/h1-12H,13H2,(H,23,24,25). The molecule has 0 unspecified atom stereocenters. The largest absolute Gasteiger partial charge is 0.467 e. The number of hydrogen-bond acceptors (Lipinski definition) is 5. The third-order valence-electron chi connectivity index (χ3n) is 3.78. The molecule has 1 N–H and O–H groups in total. The van der Waals surface area contributed by atoms with Crippen LogP contribution in [0.15, 0.2) is 82.1 Å². The molecule has 4 rings (SSSR count). The quantitative estimate of drug-likeness (QED) is 0.494. The monoisotopic (exact) mass is 406 g/mol. The van der Waals surface area contributed by atoms with Gasteiger partial charge in [-0.25, -0.2) is 9.97 Å². The zero-order valence-electron chi connectivity index (χ0n) is 13.8. The summed E-state index contributed by atoms with van der Waals surface area (Å²) in [6.07, 6.45) is 5.20. The number of furan rings is 1. The van der Waals surface area contributed by atoms with Crippen LogP contribution in [-0.4, -0.2) is 15.0 Å². The summed E-state index contributed by atoms with van der Waals surface area (Å²) in [7, 11) is 0. The molecule has 128 valence electrons. The average molecular weight is 407 g/mol. The van der Waals surface area contributed by atoms with Gasteiger partial charge in [0.15, 0.2) is 5.82 Å². The maximum absolute atomic E-state index is 5.38. The second kappa shape index (κ2) is 7.49. The minimum Gasteiger partial charge on any atom is -0.467 e. The van der Waals surface area contributed by atoms with Gasteiger partial charge in [0.2, 0.25) is 0 Å². The lowest BCUT2D eigenvalue weighted by atomic mass is 10.1. The zero-order chi connectivity index (χ0) is 17.8. The fraction of sp³-hybridized carbons (Fsp3) is 0.0500. The lowest BCUT2D eigenvalue weighted by Crippen LogP contribution is -2.03. The second-order valence-electron chi connectivity index (χ2n) is 5.65. The Labute approximate surface area is 159 Å². The molecule has 5 nitrogen and oxygen atoms in total. The summed E-state index contributed by atoms with van der Waals surface area (Å²) in [5.41, 5.74) is 2.67. The summed E-state index contributed by atoms with van der Waals surface area (Å²) in [6, 6.07) is 17.6. The van der Waals surface area contributed by atoms with Gasteiger partial charge in [-0.3, -0.25) is 4.98 Å². The molecule has 3 aromatic heterocycles. The summed E-state index contributed by atoms with van der Waals surface area (Å²) < 4.78 is 6.28. The van der Waals surface area contributed by atoms with E-state index in [0.717, 1.165) is 32.9 Å². The van der Waals surface area contributed by atoms with E-state index in [4.69, 9.17) is 9.40 Å². The molecule has 0 spiro atoms. The summed E-state index contributed by atoms with van der Waals surface area (Å²) in [5, 5.41) is 3.30. The van der Waals surface area contributed by atoms with Crippen molar-refractivity contribution in [3.05, 3.63) is 83.5 Å². The summed E-state index contributed by atoms with van der Waals surface area (Å²) in [6.45, 7) is 0.550. The van der Waals surface area contributed by atoms with Gasteiger partial charge in [0.1, 0.15) is 11.6 Å². The highest BCUT2D eigenvalue weighted by Gasteiger charge is 2.10. The van der Waals surface area contributed by atoms with Crippen molar-refractivity contribution in [2.24, 2.45) is 0 Å². The topological polar surface area (TPSA) is 63.8 Å². The van der Waals surface area contributed by atoms with Crippen LogP contribution in [0.4, 0.5) is 5.82 Å². The minimum atomic E-state index is 0.550. The van der Waals surface area contributed by atoms with Gasteiger partial charge in [0.25, 0.3) is 0 Å². The van der Waals surface area contributed by atoms with Gasteiger partial charge in [0.05, 0.1) is 18.5 Å². The molecule has 0 radical (unpaired) electrons. The van der Waals surface area contributed by atoms with Crippen molar-refractivity contribution in [2.75, 3.05) is 5.32 Å². The molecule has 3 heterocycles. The van der Waals surface area contributed by atoms with Crippen LogP contribution in [0.25, 0.3) is 22.6 Å². The minimum absolute atomic E-state index is 0.550. The molecule has 0 bridgehead atoms. The Morgan fingerprint density at radius 2 is 1.81 bits per heavy atom. The third kappa shape index (κ3) is 3.81. The first-order valence-corrected chi connectivity index (χ1v) is 8.89. The molecule has 0 aliphatic carbocycles. The van der Waals surface area contributed by atoms with Crippen molar-refractivity contribution < 1.29 is 4.42 Å². The number of nitrogens with zero attached hydrogens (tertiary/aromatic N) is 3. The molecule has 0 saturated heterocycles. The van der Waals surface area contributed by atoms with Crippen molar-refractivity contribution >= 4 is 21.7 Å². The molecule has 0 aliphatic heterocycles. The van der Waals surface area contributed by atoms with Crippen LogP contribution in [0.5, 0.6) is 0 Å².